The fourth-order valence-corrected chi connectivity index (χ4v) is 3.24. The van der Waals surface area contributed by atoms with E-state index in [0.717, 1.165) is 28.5 Å². The van der Waals surface area contributed by atoms with Gasteiger partial charge in [0.2, 0.25) is 5.96 Å². The van der Waals surface area contributed by atoms with Crippen LogP contribution < -0.4 is 5.32 Å². The second-order valence-electron chi connectivity index (χ2n) is 5.49. The van der Waals surface area contributed by atoms with Crippen molar-refractivity contribution in [2.45, 2.75) is 4.90 Å². The van der Waals surface area contributed by atoms with Gasteiger partial charge >= 0.3 is 0 Å². The number of hydrogen-bond donors (Lipinski definition) is 1. The highest BCUT2D eigenvalue weighted by molar-refractivity contribution is 7.98. The van der Waals surface area contributed by atoms with Crippen LogP contribution in [-0.2, 0) is 0 Å². The number of guanidine groups is 1. The number of aliphatic imine (C=N–C) groups is 2. The van der Waals surface area contributed by atoms with Crippen LogP contribution in [0, 0.1) is 0 Å². The number of amidine groups is 1. The molecule has 0 atom stereocenters. The summed E-state index contributed by atoms with van der Waals surface area (Å²) in [6, 6.07) is 15.4. The summed E-state index contributed by atoms with van der Waals surface area (Å²) >= 11 is 1.65. The molecule has 0 aliphatic carbocycles. The summed E-state index contributed by atoms with van der Waals surface area (Å²) in [6.07, 6.45) is 2.01. The third kappa shape index (κ3) is 2.59. The molecule has 2 aliphatic rings. The SMILES string of the molecule is CSc1ccc(C(=O)NC2=Nc3ccccc3C3=NCCN23)cc1. The Labute approximate surface area is 144 Å². The molecule has 0 radical (unpaired) electrons. The van der Waals surface area contributed by atoms with Gasteiger partial charge in [-0.05, 0) is 42.7 Å². The molecular weight excluding hydrogens is 320 g/mol. The van der Waals surface area contributed by atoms with Crippen LogP contribution in [0.3, 0.4) is 0 Å². The average molecular weight is 336 g/mol. The van der Waals surface area contributed by atoms with Crippen LogP contribution >= 0.6 is 11.8 Å². The molecule has 0 saturated carbocycles. The zero-order chi connectivity index (χ0) is 16.5. The molecular formula is C18H16N4OS. The van der Waals surface area contributed by atoms with Crippen LogP contribution in [0.1, 0.15) is 15.9 Å². The van der Waals surface area contributed by atoms with Crippen molar-refractivity contribution in [3.63, 3.8) is 0 Å². The molecule has 0 bridgehead atoms. The minimum atomic E-state index is -0.160. The maximum atomic E-state index is 12.5. The van der Waals surface area contributed by atoms with Gasteiger partial charge in [0.15, 0.2) is 0 Å². The van der Waals surface area contributed by atoms with E-state index >= 15 is 0 Å². The summed E-state index contributed by atoms with van der Waals surface area (Å²) in [6.45, 7) is 1.44. The van der Waals surface area contributed by atoms with E-state index in [1.165, 1.54) is 0 Å². The van der Waals surface area contributed by atoms with E-state index in [-0.39, 0.29) is 5.91 Å². The highest BCUT2D eigenvalue weighted by Crippen LogP contribution is 2.27. The minimum Gasteiger partial charge on any atom is -0.294 e. The molecule has 5 nitrogen and oxygen atoms in total. The molecule has 120 valence electrons. The fraction of sp³-hybridized carbons (Fsp3) is 0.167. The fourth-order valence-electron chi connectivity index (χ4n) is 2.83. The molecule has 1 amide bonds. The van der Waals surface area contributed by atoms with Crippen molar-refractivity contribution in [2.75, 3.05) is 19.3 Å². The van der Waals surface area contributed by atoms with E-state index in [1.807, 2.05) is 59.7 Å². The number of benzene rings is 2. The summed E-state index contributed by atoms with van der Waals surface area (Å²) in [5.41, 5.74) is 2.46. The average Bonchev–Trinajstić information content (AvgIpc) is 3.12. The summed E-state index contributed by atoms with van der Waals surface area (Å²) in [7, 11) is 0. The van der Waals surface area contributed by atoms with E-state index < -0.39 is 0 Å². The number of thioether (sulfide) groups is 1. The lowest BCUT2D eigenvalue weighted by Gasteiger charge is -2.27. The molecule has 0 fully saturated rings. The van der Waals surface area contributed by atoms with Crippen LogP contribution in [-0.4, -0.2) is 41.9 Å². The normalized spacial score (nSPS) is 15.3. The topological polar surface area (TPSA) is 57.1 Å². The first-order valence-electron chi connectivity index (χ1n) is 7.72. The number of amides is 1. The first-order valence-corrected chi connectivity index (χ1v) is 8.94. The van der Waals surface area contributed by atoms with E-state index in [9.17, 15) is 4.79 Å². The summed E-state index contributed by atoms with van der Waals surface area (Å²) < 4.78 is 0. The van der Waals surface area contributed by atoms with Gasteiger partial charge in [0.05, 0.1) is 12.2 Å². The number of carbonyl (C=O) groups excluding carboxylic acids is 1. The number of carbonyl (C=O) groups is 1. The van der Waals surface area contributed by atoms with Crippen molar-refractivity contribution >= 4 is 35.2 Å². The zero-order valence-electron chi connectivity index (χ0n) is 13.2. The molecule has 2 aliphatic heterocycles. The smallest absolute Gasteiger partial charge is 0.257 e. The molecule has 6 heteroatoms. The van der Waals surface area contributed by atoms with E-state index in [0.29, 0.717) is 18.1 Å². The van der Waals surface area contributed by atoms with Crippen LogP contribution in [0.4, 0.5) is 5.69 Å². The Hall–Kier alpha value is -2.60. The zero-order valence-corrected chi connectivity index (χ0v) is 14.0. The van der Waals surface area contributed by atoms with Gasteiger partial charge < -0.3 is 0 Å². The third-order valence-corrected chi connectivity index (χ3v) is 4.79. The van der Waals surface area contributed by atoms with Crippen LogP contribution in [0.25, 0.3) is 0 Å². The van der Waals surface area contributed by atoms with E-state index in [1.54, 1.807) is 11.8 Å². The van der Waals surface area contributed by atoms with Crippen molar-refractivity contribution in [1.82, 2.24) is 10.2 Å². The van der Waals surface area contributed by atoms with Crippen molar-refractivity contribution in [3.8, 4) is 0 Å². The van der Waals surface area contributed by atoms with Crippen LogP contribution in [0.15, 0.2) is 63.4 Å². The Morgan fingerprint density at radius 3 is 2.75 bits per heavy atom. The molecule has 24 heavy (non-hydrogen) atoms. The lowest BCUT2D eigenvalue weighted by Crippen LogP contribution is -2.47. The summed E-state index contributed by atoms with van der Waals surface area (Å²) in [5.74, 6) is 1.27. The predicted molar refractivity (Wildman–Crippen MR) is 97.3 cm³/mol. The Kier molecular flexibility index (Phi) is 3.82. The Morgan fingerprint density at radius 2 is 1.96 bits per heavy atom. The van der Waals surface area contributed by atoms with Crippen LogP contribution in [0.2, 0.25) is 0 Å². The lowest BCUT2D eigenvalue weighted by atomic mass is 10.1. The molecule has 0 aromatic heterocycles. The first-order chi connectivity index (χ1) is 11.8. The van der Waals surface area contributed by atoms with E-state index in [4.69, 9.17) is 0 Å². The molecule has 4 rings (SSSR count). The highest BCUT2D eigenvalue weighted by Gasteiger charge is 2.30. The standard InChI is InChI=1S/C18H16N4OS/c1-24-13-8-6-12(7-9-13)17(23)21-18-20-15-5-3-2-4-14(15)16-19-10-11-22(16)18/h2-9H,10-11H2,1H3,(H,20,21,23). The van der Waals surface area contributed by atoms with Crippen molar-refractivity contribution < 1.29 is 4.79 Å². The Balaban J connectivity index is 1.63. The van der Waals surface area contributed by atoms with Gasteiger partial charge in [0.1, 0.15) is 5.84 Å². The van der Waals surface area contributed by atoms with Crippen molar-refractivity contribution in [3.05, 3.63) is 59.7 Å². The van der Waals surface area contributed by atoms with E-state index in [2.05, 4.69) is 15.3 Å². The number of hydrogen-bond acceptors (Lipinski definition) is 5. The second-order valence-corrected chi connectivity index (χ2v) is 6.37. The number of para-hydroxylation sites is 1. The lowest BCUT2D eigenvalue weighted by molar-refractivity contribution is 0.0974. The third-order valence-electron chi connectivity index (χ3n) is 4.05. The Bertz CT molecular complexity index is 858. The van der Waals surface area contributed by atoms with Gasteiger partial charge in [-0.15, -0.1) is 11.8 Å². The first kappa shape index (κ1) is 15.0. The molecule has 0 saturated heterocycles. The number of fused-ring (bicyclic) bond motifs is 3. The quantitative estimate of drug-likeness (QED) is 0.858. The maximum absolute atomic E-state index is 12.5. The number of nitrogens with one attached hydrogen (secondary N) is 1. The minimum absolute atomic E-state index is 0.160. The molecule has 1 N–H and O–H groups in total. The van der Waals surface area contributed by atoms with Crippen molar-refractivity contribution in [2.24, 2.45) is 9.98 Å². The molecule has 0 spiro atoms. The second kappa shape index (κ2) is 6.13. The van der Waals surface area contributed by atoms with Gasteiger partial charge in [-0.3, -0.25) is 20.0 Å². The van der Waals surface area contributed by atoms with Crippen LogP contribution in [0.5, 0.6) is 0 Å². The largest absolute Gasteiger partial charge is 0.294 e. The number of nitrogens with zero attached hydrogens (tertiary/aromatic N) is 3. The highest BCUT2D eigenvalue weighted by atomic mass is 32.2. The monoisotopic (exact) mass is 336 g/mol. The molecule has 2 aromatic carbocycles. The van der Waals surface area contributed by atoms with Gasteiger partial charge in [-0.2, -0.15) is 0 Å². The molecule has 0 unspecified atom stereocenters. The van der Waals surface area contributed by atoms with Gasteiger partial charge in [-0.1, -0.05) is 12.1 Å². The van der Waals surface area contributed by atoms with Gasteiger partial charge in [0, 0.05) is 22.6 Å². The maximum Gasteiger partial charge on any atom is 0.257 e. The molecule has 2 heterocycles. The predicted octanol–water partition coefficient (Wildman–Crippen LogP) is 2.90. The number of rotatable bonds is 2. The van der Waals surface area contributed by atoms with Crippen molar-refractivity contribution in [1.29, 1.82) is 0 Å². The molecule has 2 aromatic rings. The van der Waals surface area contributed by atoms with Gasteiger partial charge in [0.25, 0.3) is 5.91 Å². The summed E-state index contributed by atoms with van der Waals surface area (Å²) in [5, 5.41) is 2.93. The van der Waals surface area contributed by atoms with Gasteiger partial charge in [-0.25, -0.2) is 4.99 Å². The Morgan fingerprint density at radius 1 is 1.17 bits per heavy atom. The summed E-state index contributed by atoms with van der Waals surface area (Å²) in [4.78, 5) is 24.8.